The van der Waals surface area contributed by atoms with Crippen LogP contribution >= 0.6 is 23.4 Å². The van der Waals surface area contributed by atoms with Gasteiger partial charge in [0.2, 0.25) is 0 Å². The van der Waals surface area contributed by atoms with Crippen LogP contribution in [0.2, 0.25) is 5.02 Å². The zero-order chi connectivity index (χ0) is 10.6. The molecule has 0 saturated heterocycles. The van der Waals surface area contributed by atoms with E-state index in [1.54, 1.807) is 11.8 Å². The summed E-state index contributed by atoms with van der Waals surface area (Å²) in [4.78, 5) is 1.09. The largest absolute Gasteiger partial charge is 0.387 e. The molecule has 0 aromatic heterocycles. The van der Waals surface area contributed by atoms with Crippen molar-refractivity contribution in [1.29, 1.82) is 5.41 Å². The highest BCUT2D eigenvalue weighted by molar-refractivity contribution is 8.00. The van der Waals surface area contributed by atoms with E-state index in [4.69, 9.17) is 22.7 Å². The Bertz CT molecular complexity index is 310. The molecule has 0 radical (unpaired) electrons. The molecule has 0 saturated carbocycles. The first-order valence-electron chi connectivity index (χ1n) is 4.39. The fourth-order valence-electron chi connectivity index (χ4n) is 1.04. The zero-order valence-corrected chi connectivity index (χ0v) is 9.53. The normalized spacial score (nSPS) is 12.4. The highest BCUT2D eigenvalue weighted by Crippen LogP contribution is 2.26. The van der Waals surface area contributed by atoms with E-state index in [1.807, 2.05) is 31.2 Å². The van der Waals surface area contributed by atoms with E-state index >= 15 is 0 Å². The van der Waals surface area contributed by atoms with Crippen LogP contribution in [0.5, 0.6) is 0 Å². The first kappa shape index (κ1) is 11.4. The maximum atomic E-state index is 7.37. The molecule has 0 bridgehead atoms. The van der Waals surface area contributed by atoms with Gasteiger partial charge in [-0.05, 0) is 30.7 Å². The Balaban J connectivity index is 2.67. The minimum absolute atomic E-state index is 0.0659. The van der Waals surface area contributed by atoms with Crippen molar-refractivity contribution in [2.75, 3.05) is 0 Å². The third-order valence-corrected chi connectivity index (χ3v) is 3.48. The molecule has 3 N–H and O–H groups in total. The van der Waals surface area contributed by atoms with Crippen molar-refractivity contribution in [3.8, 4) is 0 Å². The number of hydrogen-bond donors (Lipinski definition) is 2. The van der Waals surface area contributed by atoms with Gasteiger partial charge in [-0.1, -0.05) is 18.5 Å². The summed E-state index contributed by atoms with van der Waals surface area (Å²) in [5, 5.41) is 8.17. The molecule has 14 heavy (non-hydrogen) atoms. The number of hydrogen-bond acceptors (Lipinski definition) is 2. The van der Waals surface area contributed by atoms with Crippen LogP contribution in [-0.4, -0.2) is 11.1 Å². The van der Waals surface area contributed by atoms with Crippen LogP contribution in [0.1, 0.15) is 13.3 Å². The third-order valence-electron chi connectivity index (χ3n) is 1.81. The van der Waals surface area contributed by atoms with Crippen molar-refractivity contribution in [3.05, 3.63) is 29.3 Å². The van der Waals surface area contributed by atoms with E-state index < -0.39 is 0 Å². The van der Waals surface area contributed by atoms with E-state index in [0.29, 0.717) is 0 Å². The summed E-state index contributed by atoms with van der Waals surface area (Å²) >= 11 is 7.37. The summed E-state index contributed by atoms with van der Waals surface area (Å²) in [6, 6.07) is 7.57. The van der Waals surface area contributed by atoms with Crippen LogP contribution in [0.4, 0.5) is 0 Å². The lowest BCUT2D eigenvalue weighted by Gasteiger charge is -2.12. The van der Waals surface area contributed by atoms with Crippen LogP contribution in [0.25, 0.3) is 0 Å². The minimum Gasteiger partial charge on any atom is -0.387 e. The monoisotopic (exact) mass is 228 g/mol. The van der Waals surface area contributed by atoms with Crippen molar-refractivity contribution in [1.82, 2.24) is 0 Å². The lowest BCUT2D eigenvalue weighted by atomic mass is 10.3. The lowest BCUT2D eigenvalue weighted by Crippen LogP contribution is -2.23. The van der Waals surface area contributed by atoms with Gasteiger partial charge in [0.15, 0.2) is 0 Å². The van der Waals surface area contributed by atoms with E-state index in [0.717, 1.165) is 16.3 Å². The van der Waals surface area contributed by atoms with Gasteiger partial charge in [-0.15, -0.1) is 11.8 Å². The number of rotatable bonds is 4. The number of halogens is 1. The minimum atomic E-state index is 0.0659. The Kier molecular flexibility index (Phi) is 4.29. The molecule has 0 spiro atoms. The molecule has 0 amide bonds. The fraction of sp³-hybridized carbons (Fsp3) is 0.300. The number of amidine groups is 1. The van der Waals surface area contributed by atoms with Gasteiger partial charge in [0.25, 0.3) is 0 Å². The summed E-state index contributed by atoms with van der Waals surface area (Å²) in [5.74, 6) is 0.229. The second-order valence-electron chi connectivity index (χ2n) is 2.92. The van der Waals surface area contributed by atoms with Gasteiger partial charge in [0.1, 0.15) is 5.84 Å². The molecule has 1 rings (SSSR count). The molecule has 0 fully saturated rings. The van der Waals surface area contributed by atoms with Crippen molar-refractivity contribution in [2.24, 2.45) is 5.73 Å². The zero-order valence-electron chi connectivity index (χ0n) is 7.96. The van der Waals surface area contributed by atoms with Crippen LogP contribution in [0.3, 0.4) is 0 Å². The summed E-state index contributed by atoms with van der Waals surface area (Å²) in [6.07, 6.45) is 0.864. The summed E-state index contributed by atoms with van der Waals surface area (Å²) in [7, 11) is 0. The standard InChI is InChI=1S/C10H13ClN2S/c1-2-9(10(12)13)14-8-5-3-7(11)4-6-8/h3-6,9H,2H2,1H3,(H3,12,13). The Morgan fingerprint density at radius 3 is 2.50 bits per heavy atom. The topological polar surface area (TPSA) is 49.9 Å². The van der Waals surface area contributed by atoms with Crippen LogP contribution in [-0.2, 0) is 0 Å². The van der Waals surface area contributed by atoms with Gasteiger partial charge in [-0.2, -0.15) is 0 Å². The Morgan fingerprint density at radius 1 is 1.50 bits per heavy atom. The molecule has 0 aliphatic rings. The third kappa shape index (κ3) is 3.24. The fourth-order valence-corrected chi connectivity index (χ4v) is 2.09. The first-order valence-corrected chi connectivity index (χ1v) is 5.65. The SMILES string of the molecule is CCC(Sc1ccc(Cl)cc1)C(=N)N. The summed E-state index contributed by atoms with van der Waals surface area (Å²) in [5.41, 5.74) is 5.46. The highest BCUT2D eigenvalue weighted by atomic mass is 35.5. The van der Waals surface area contributed by atoms with E-state index in [-0.39, 0.29) is 11.1 Å². The van der Waals surface area contributed by atoms with Crippen molar-refractivity contribution < 1.29 is 0 Å². The van der Waals surface area contributed by atoms with Crippen LogP contribution in [0.15, 0.2) is 29.2 Å². The van der Waals surface area contributed by atoms with Gasteiger partial charge >= 0.3 is 0 Å². The number of nitrogens with one attached hydrogen (secondary N) is 1. The van der Waals surface area contributed by atoms with Crippen molar-refractivity contribution >= 4 is 29.2 Å². The second kappa shape index (κ2) is 5.27. The summed E-state index contributed by atoms with van der Waals surface area (Å²) < 4.78 is 0. The molecule has 2 nitrogen and oxygen atoms in total. The Labute approximate surface area is 93.3 Å². The molecule has 1 aromatic rings. The quantitative estimate of drug-likeness (QED) is 0.473. The molecular formula is C10H13ClN2S. The molecule has 1 atom stereocenters. The molecule has 0 heterocycles. The van der Waals surface area contributed by atoms with Gasteiger partial charge in [-0.3, -0.25) is 5.41 Å². The Hall–Kier alpha value is -0.670. The second-order valence-corrected chi connectivity index (χ2v) is 4.64. The molecule has 1 aromatic carbocycles. The van der Waals surface area contributed by atoms with Crippen LogP contribution in [0, 0.1) is 5.41 Å². The van der Waals surface area contributed by atoms with E-state index in [2.05, 4.69) is 0 Å². The number of thioether (sulfide) groups is 1. The maximum absolute atomic E-state index is 7.37. The predicted octanol–water partition coefficient (Wildman–Crippen LogP) is 3.15. The maximum Gasteiger partial charge on any atom is 0.104 e. The number of benzene rings is 1. The smallest absolute Gasteiger partial charge is 0.104 e. The Morgan fingerprint density at radius 2 is 2.07 bits per heavy atom. The van der Waals surface area contributed by atoms with Crippen LogP contribution < -0.4 is 5.73 Å². The van der Waals surface area contributed by atoms with Gasteiger partial charge in [0.05, 0.1) is 5.25 Å². The van der Waals surface area contributed by atoms with Gasteiger partial charge in [0, 0.05) is 9.92 Å². The highest BCUT2D eigenvalue weighted by Gasteiger charge is 2.10. The molecule has 1 unspecified atom stereocenters. The molecule has 4 heteroatoms. The van der Waals surface area contributed by atoms with Gasteiger partial charge in [-0.25, -0.2) is 0 Å². The average Bonchev–Trinajstić information content (AvgIpc) is 2.16. The summed E-state index contributed by atoms with van der Waals surface area (Å²) in [6.45, 7) is 2.02. The molecule has 0 aliphatic carbocycles. The first-order chi connectivity index (χ1) is 6.63. The predicted molar refractivity (Wildman–Crippen MR) is 63.3 cm³/mol. The van der Waals surface area contributed by atoms with Gasteiger partial charge < -0.3 is 5.73 Å². The number of nitrogens with two attached hydrogens (primary N) is 1. The molecule has 0 aliphatic heterocycles. The lowest BCUT2D eigenvalue weighted by molar-refractivity contribution is 0.991. The van der Waals surface area contributed by atoms with E-state index in [1.165, 1.54) is 0 Å². The average molecular weight is 229 g/mol. The molecule has 76 valence electrons. The van der Waals surface area contributed by atoms with Crippen molar-refractivity contribution in [2.45, 2.75) is 23.5 Å². The van der Waals surface area contributed by atoms with Crippen molar-refractivity contribution in [3.63, 3.8) is 0 Å². The van der Waals surface area contributed by atoms with E-state index in [9.17, 15) is 0 Å². The molecular weight excluding hydrogens is 216 g/mol.